The highest BCUT2D eigenvalue weighted by Gasteiger charge is 2.17. The van der Waals surface area contributed by atoms with Gasteiger partial charge in [0.05, 0.1) is 10.2 Å². The molecule has 0 saturated heterocycles. The lowest BCUT2D eigenvalue weighted by Gasteiger charge is -2.19. The maximum absolute atomic E-state index is 13.7. The van der Waals surface area contributed by atoms with E-state index < -0.39 is 0 Å². The van der Waals surface area contributed by atoms with Crippen LogP contribution in [0.4, 0.5) is 4.39 Å². The largest absolute Gasteiger partial charge is 0.310 e. The number of halogens is 2. The Hall–Kier alpha value is -1.20. The van der Waals surface area contributed by atoms with E-state index in [1.54, 1.807) is 6.07 Å². The first-order chi connectivity index (χ1) is 10.0. The smallest absolute Gasteiger partial charge is 0.137 e. The Labute approximate surface area is 133 Å². The number of aromatic nitrogens is 2. The molecule has 2 rings (SSSR count). The van der Waals surface area contributed by atoms with Crippen molar-refractivity contribution in [2.45, 2.75) is 39.3 Å². The standard InChI is InChI=1S/C16H21BrFN3/c1-4-19-15(13-6-5-7-14(18)16(13)17)10-12-8-9-21(20-12)11(2)3/h5-9,11,15,19H,4,10H2,1-3H3. The summed E-state index contributed by atoms with van der Waals surface area (Å²) < 4.78 is 16.2. The van der Waals surface area contributed by atoms with Crippen molar-refractivity contribution in [2.75, 3.05) is 6.54 Å². The lowest BCUT2D eigenvalue weighted by atomic mass is 10.0. The molecule has 0 aliphatic carbocycles. The number of likely N-dealkylation sites (N-methyl/N-ethyl adjacent to an activating group) is 1. The zero-order chi connectivity index (χ0) is 15.4. The molecular formula is C16H21BrFN3. The van der Waals surface area contributed by atoms with Crippen molar-refractivity contribution in [2.24, 2.45) is 0 Å². The second-order valence-electron chi connectivity index (χ2n) is 5.34. The molecule has 21 heavy (non-hydrogen) atoms. The third-order valence-electron chi connectivity index (χ3n) is 3.41. The average molecular weight is 354 g/mol. The predicted octanol–water partition coefficient (Wildman–Crippen LogP) is 4.26. The Morgan fingerprint density at radius 1 is 1.33 bits per heavy atom. The van der Waals surface area contributed by atoms with Gasteiger partial charge in [0.2, 0.25) is 0 Å². The molecule has 0 amide bonds. The monoisotopic (exact) mass is 353 g/mol. The molecule has 0 aliphatic rings. The van der Waals surface area contributed by atoms with Crippen LogP contribution in [0.1, 0.15) is 44.1 Å². The lowest BCUT2D eigenvalue weighted by molar-refractivity contribution is 0.503. The molecule has 1 N–H and O–H groups in total. The minimum absolute atomic E-state index is 0.0376. The van der Waals surface area contributed by atoms with Gasteiger partial charge in [0.1, 0.15) is 5.82 Å². The van der Waals surface area contributed by atoms with E-state index in [4.69, 9.17) is 0 Å². The lowest BCUT2D eigenvalue weighted by Crippen LogP contribution is -2.24. The highest BCUT2D eigenvalue weighted by molar-refractivity contribution is 9.10. The van der Waals surface area contributed by atoms with Gasteiger partial charge in [-0.2, -0.15) is 5.10 Å². The van der Waals surface area contributed by atoms with Gasteiger partial charge in [0.15, 0.2) is 0 Å². The van der Waals surface area contributed by atoms with Crippen molar-refractivity contribution >= 4 is 15.9 Å². The van der Waals surface area contributed by atoms with E-state index in [0.29, 0.717) is 10.5 Å². The molecule has 0 bridgehead atoms. The van der Waals surface area contributed by atoms with E-state index in [9.17, 15) is 4.39 Å². The van der Waals surface area contributed by atoms with Gasteiger partial charge in [-0.1, -0.05) is 19.1 Å². The van der Waals surface area contributed by atoms with E-state index >= 15 is 0 Å². The fraction of sp³-hybridized carbons (Fsp3) is 0.438. The van der Waals surface area contributed by atoms with E-state index in [0.717, 1.165) is 24.2 Å². The van der Waals surface area contributed by atoms with E-state index in [-0.39, 0.29) is 11.9 Å². The van der Waals surface area contributed by atoms with Crippen LogP contribution >= 0.6 is 15.9 Å². The summed E-state index contributed by atoms with van der Waals surface area (Å²) in [4.78, 5) is 0. The Kier molecular flexibility index (Phi) is 5.53. The summed E-state index contributed by atoms with van der Waals surface area (Å²) in [6.45, 7) is 7.06. The van der Waals surface area contributed by atoms with Crippen LogP contribution in [0.3, 0.4) is 0 Å². The van der Waals surface area contributed by atoms with Gasteiger partial charge in [0.25, 0.3) is 0 Å². The maximum Gasteiger partial charge on any atom is 0.137 e. The number of hydrogen-bond acceptors (Lipinski definition) is 2. The predicted molar refractivity (Wildman–Crippen MR) is 86.8 cm³/mol. The van der Waals surface area contributed by atoms with E-state index in [2.05, 4.69) is 40.2 Å². The SMILES string of the molecule is CCNC(Cc1ccn(C(C)C)n1)c1cccc(F)c1Br. The highest BCUT2D eigenvalue weighted by atomic mass is 79.9. The fourth-order valence-electron chi connectivity index (χ4n) is 2.31. The number of rotatable bonds is 6. The molecule has 5 heteroatoms. The van der Waals surface area contributed by atoms with Crippen LogP contribution < -0.4 is 5.32 Å². The van der Waals surface area contributed by atoms with Crippen LogP contribution in [0.25, 0.3) is 0 Å². The van der Waals surface area contributed by atoms with Gasteiger partial charge >= 0.3 is 0 Å². The van der Waals surface area contributed by atoms with Crippen molar-refractivity contribution in [3.8, 4) is 0 Å². The molecule has 3 nitrogen and oxygen atoms in total. The topological polar surface area (TPSA) is 29.9 Å². The first-order valence-corrected chi connectivity index (χ1v) is 8.03. The molecule has 114 valence electrons. The molecule has 0 saturated carbocycles. The van der Waals surface area contributed by atoms with Gasteiger partial charge in [-0.15, -0.1) is 0 Å². The number of hydrogen-bond donors (Lipinski definition) is 1. The molecule has 1 heterocycles. The second kappa shape index (κ2) is 7.18. The molecule has 2 aromatic rings. The van der Waals surface area contributed by atoms with Gasteiger partial charge in [-0.05, 0) is 54.0 Å². The van der Waals surface area contributed by atoms with Crippen LogP contribution in [0, 0.1) is 5.82 Å². The Bertz CT molecular complexity index is 595. The fourth-order valence-corrected chi connectivity index (χ4v) is 2.85. The van der Waals surface area contributed by atoms with E-state index in [1.165, 1.54) is 6.07 Å². The van der Waals surface area contributed by atoms with Crippen molar-refractivity contribution in [1.29, 1.82) is 0 Å². The molecule has 1 atom stereocenters. The maximum atomic E-state index is 13.7. The van der Waals surface area contributed by atoms with E-state index in [1.807, 2.05) is 29.9 Å². The molecule has 0 radical (unpaired) electrons. The minimum Gasteiger partial charge on any atom is -0.310 e. The molecule has 1 unspecified atom stereocenters. The quantitative estimate of drug-likeness (QED) is 0.840. The summed E-state index contributed by atoms with van der Waals surface area (Å²) in [6, 6.07) is 7.56. The summed E-state index contributed by atoms with van der Waals surface area (Å²) in [7, 11) is 0. The zero-order valence-electron chi connectivity index (χ0n) is 12.6. The minimum atomic E-state index is -0.233. The normalized spacial score (nSPS) is 12.9. The molecule has 0 aliphatic heterocycles. The van der Waals surface area contributed by atoms with Crippen molar-refractivity contribution < 1.29 is 4.39 Å². The average Bonchev–Trinajstić information content (AvgIpc) is 2.90. The zero-order valence-corrected chi connectivity index (χ0v) is 14.2. The summed E-state index contributed by atoms with van der Waals surface area (Å²) in [5.41, 5.74) is 1.93. The van der Waals surface area contributed by atoms with Gasteiger partial charge in [0, 0.05) is 24.7 Å². The Morgan fingerprint density at radius 2 is 2.10 bits per heavy atom. The molecular weight excluding hydrogens is 333 g/mol. The van der Waals surface area contributed by atoms with Crippen molar-refractivity contribution in [3.63, 3.8) is 0 Å². The van der Waals surface area contributed by atoms with Crippen LogP contribution in [0.5, 0.6) is 0 Å². The first-order valence-electron chi connectivity index (χ1n) is 7.24. The summed E-state index contributed by atoms with van der Waals surface area (Å²) in [5, 5.41) is 7.99. The first kappa shape index (κ1) is 16.2. The molecule has 0 fully saturated rings. The van der Waals surface area contributed by atoms with Crippen molar-refractivity contribution in [3.05, 3.63) is 52.0 Å². The Morgan fingerprint density at radius 3 is 2.71 bits per heavy atom. The molecule has 1 aromatic heterocycles. The highest BCUT2D eigenvalue weighted by Crippen LogP contribution is 2.28. The van der Waals surface area contributed by atoms with Crippen LogP contribution in [0.15, 0.2) is 34.9 Å². The van der Waals surface area contributed by atoms with Crippen LogP contribution in [0.2, 0.25) is 0 Å². The van der Waals surface area contributed by atoms with Crippen molar-refractivity contribution in [1.82, 2.24) is 15.1 Å². The second-order valence-corrected chi connectivity index (χ2v) is 6.13. The van der Waals surface area contributed by atoms with Gasteiger partial charge < -0.3 is 5.32 Å². The third-order valence-corrected chi connectivity index (χ3v) is 4.25. The Balaban J connectivity index is 2.24. The summed E-state index contributed by atoms with van der Waals surface area (Å²) in [5.74, 6) is -0.233. The number of nitrogens with zero attached hydrogens (tertiary/aromatic N) is 2. The summed E-state index contributed by atoms with van der Waals surface area (Å²) in [6.07, 6.45) is 2.72. The van der Waals surface area contributed by atoms with Gasteiger partial charge in [-0.25, -0.2) is 4.39 Å². The third kappa shape index (κ3) is 3.92. The van der Waals surface area contributed by atoms with Gasteiger partial charge in [-0.3, -0.25) is 4.68 Å². The number of nitrogens with one attached hydrogen (secondary N) is 1. The summed E-state index contributed by atoms with van der Waals surface area (Å²) >= 11 is 3.35. The molecule has 0 spiro atoms. The molecule has 1 aromatic carbocycles. The number of benzene rings is 1. The van der Waals surface area contributed by atoms with Crippen LogP contribution in [-0.4, -0.2) is 16.3 Å². The van der Waals surface area contributed by atoms with Crippen LogP contribution in [-0.2, 0) is 6.42 Å².